The van der Waals surface area contributed by atoms with Gasteiger partial charge in [0.05, 0.1) is 27.7 Å². The molecule has 3 aromatic rings. The van der Waals surface area contributed by atoms with Gasteiger partial charge in [-0.05, 0) is 39.2 Å². The summed E-state index contributed by atoms with van der Waals surface area (Å²) in [5.41, 5.74) is 0.557. The lowest BCUT2D eigenvalue weighted by Crippen LogP contribution is -2.54. The molecule has 0 spiro atoms. The minimum absolute atomic E-state index is 0.136. The Morgan fingerprint density at radius 2 is 2.13 bits per heavy atom. The molecule has 1 saturated heterocycles. The van der Waals surface area contributed by atoms with Crippen LogP contribution in [0, 0.1) is 5.82 Å². The molecule has 5 rings (SSSR count). The van der Waals surface area contributed by atoms with Crippen LogP contribution < -0.4 is 20.6 Å². The van der Waals surface area contributed by atoms with E-state index in [1.165, 1.54) is 18.3 Å². The number of rotatable bonds is 6. The van der Waals surface area contributed by atoms with E-state index in [1.54, 1.807) is 22.6 Å². The van der Waals surface area contributed by atoms with Gasteiger partial charge in [-0.15, -0.1) is 0 Å². The van der Waals surface area contributed by atoms with E-state index >= 15 is 4.39 Å². The van der Waals surface area contributed by atoms with Crippen LogP contribution in [0.1, 0.15) is 13.0 Å². The molecule has 1 N–H and O–H groups in total. The first-order chi connectivity index (χ1) is 18.7. The average molecular weight is 556 g/mol. The number of likely N-dealkylation sites (N-methyl/N-ethyl adjacent to an activating group) is 1. The van der Waals surface area contributed by atoms with Crippen molar-refractivity contribution in [2.45, 2.75) is 19.0 Å². The molecular formula is C27H31ClFN7O3. The highest BCUT2D eigenvalue weighted by Gasteiger charge is 2.35. The van der Waals surface area contributed by atoms with Crippen molar-refractivity contribution < 1.29 is 13.9 Å². The molecule has 39 heavy (non-hydrogen) atoms. The van der Waals surface area contributed by atoms with Gasteiger partial charge in [0.2, 0.25) is 5.91 Å². The Morgan fingerprint density at radius 1 is 1.36 bits per heavy atom. The zero-order chi connectivity index (χ0) is 28.0. The molecule has 2 aliphatic heterocycles. The standard InChI is InChI=1S/C27H31ClFN7O3/c1-6-20(37)34-9-10-35(15(2)12-34)26-17-11-18(28)21(22-19(29)7-8-31-25(22)30-3)24-23(17)36(27(38)32-26)16(14-39-24)13-33(4)5/h6-8,11,15-16H,1,9-10,12-14H2,2-5H3,(H,30,31)/t15-,16?/m0/s1. The summed E-state index contributed by atoms with van der Waals surface area (Å²) in [5.74, 6) is 0.397. The normalized spacial score (nSPS) is 18.8. The number of piperazine rings is 1. The van der Waals surface area contributed by atoms with Crippen molar-refractivity contribution in [3.8, 4) is 16.9 Å². The maximum atomic E-state index is 15.3. The fourth-order valence-corrected chi connectivity index (χ4v) is 5.82. The van der Waals surface area contributed by atoms with Gasteiger partial charge in [-0.3, -0.25) is 9.36 Å². The predicted molar refractivity (Wildman–Crippen MR) is 150 cm³/mol. The van der Waals surface area contributed by atoms with Crippen molar-refractivity contribution in [3.05, 3.63) is 52.3 Å². The molecule has 1 fully saturated rings. The van der Waals surface area contributed by atoms with Crippen LogP contribution in [0.3, 0.4) is 0 Å². The Balaban J connectivity index is 1.78. The summed E-state index contributed by atoms with van der Waals surface area (Å²) < 4.78 is 23.2. The quantitative estimate of drug-likeness (QED) is 0.464. The minimum Gasteiger partial charge on any atom is -0.488 e. The summed E-state index contributed by atoms with van der Waals surface area (Å²) in [7, 11) is 5.49. The van der Waals surface area contributed by atoms with E-state index in [4.69, 9.17) is 16.3 Å². The second-order valence-corrected chi connectivity index (χ2v) is 10.5. The van der Waals surface area contributed by atoms with Crippen molar-refractivity contribution in [1.82, 2.24) is 24.3 Å². The van der Waals surface area contributed by atoms with E-state index < -0.39 is 11.5 Å². The van der Waals surface area contributed by atoms with Gasteiger partial charge in [0.1, 0.15) is 24.1 Å². The predicted octanol–water partition coefficient (Wildman–Crippen LogP) is 3.01. The van der Waals surface area contributed by atoms with Crippen molar-refractivity contribution >= 4 is 40.0 Å². The number of aromatic nitrogens is 3. The van der Waals surface area contributed by atoms with Crippen molar-refractivity contribution in [1.29, 1.82) is 0 Å². The molecule has 0 aliphatic carbocycles. The number of nitrogens with one attached hydrogen (secondary N) is 1. The number of ether oxygens (including phenoxy) is 1. The number of amides is 1. The molecule has 10 nitrogen and oxygen atoms in total. The summed E-state index contributed by atoms with van der Waals surface area (Å²) in [6, 6.07) is 2.52. The summed E-state index contributed by atoms with van der Waals surface area (Å²) in [6.07, 6.45) is 2.67. The van der Waals surface area contributed by atoms with Crippen LogP contribution in [-0.4, -0.2) is 90.2 Å². The van der Waals surface area contributed by atoms with Crippen LogP contribution in [0.25, 0.3) is 22.0 Å². The van der Waals surface area contributed by atoms with E-state index in [9.17, 15) is 9.59 Å². The lowest BCUT2D eigenvalue weighted by atomic mass is 9.99. The summed E-state index contributed by atoms with van der Waals surface area (Å²) in [4.78, 5) is 40.4. The van der Waals surface area contributed by atoms with Crippen molar-refractivity contribution in [3.63, 3.8) is 0 Å². The second-order valence-electron chi connectivity index (χ2n) is 10.1. The Hall–Kier alpha value is -3.70. The first kappa shape index (κ1) is 26.9. The molecule has 2 aliphatic rings. The van der Waals surface area contributed by atoms with Crippen LogP contribution in [0.4, 0.5) is 16.0 Å². The number of nitrogens with zero attached hydrogens (tertiary/aromatic N) is 6. The highest BCUT2D eigenvalue weighted by Crippen LogP contribution is 2.48. The zero-order valence-electron chi connectivity index (χ0n) is 22.4. The number of pyridine rings is 1. The monoisotopic (exact) mass is 555 g/mol. The third-order valence-corrected chi connectivity index (χ3v) is 7.53. The lowest BCUT2D eigenvalue weighted by Gasteiger charge is -2.41. The Bertz CT molecular complexity index is 1530. The van der Waals surface area contributed by atoms with Gasteiger partial charge in [0.15, 0.2) is 5.75 Å². The Morgan fingerprint density at radius 3 is 2.79 bits per heavy atom. The molecular weight excluding hydrogens is 525 g/mol. The number of hydrogen-bond donors (Lipinski definition) is 1. The number of benzene rings is 1. The molecule has 2 atom stereocenters. The number of carbonyl (C=O) groups is 1. The van der Waals surface area contributed by atoms with Crippen LogP contribution in [0.2, 0.25) is 5.02 Å². The molecule has 12 heteroatoms. The second kappa shape index (κ2) is 10.5. The number of hydrogen-bond acceptors (Lipinski definition) is 8. The maximum absolute atomic E-state index is 15.3. The van der Waals surface area contributed by atoms with Gasteiger partial charge in [-0.1, -0.05) is 18.2 Å². The number of anilines is 2. The van der Waals surface area contributed by atoms with Crippen LogP contribution >= 0.6 is 11.6 Å². The molecule has 0 saturated carbocycles. The van der Waals surface area contributed by atoms with Gasteiger partial charge >= 0.3 is 5.69 Å². The van der Waals surface area contributed by atoms with Gasteiger partial charge in [0.25, 0.3) is 0 Å². The Labute approximate surface area is 230 Å². The van der Waals surface area contributed by atoms with Gasteiger partial charge in [-0.2, -0.15) is 4.98 Å². The maximum Gasteiger partial charge on any atom is 0.350 e. The fourth-order valence-electron chi connectivity index (χ4n) is 5.53. The first-order valence-corrected chi connectivity index (χ1v) is 13.1. The van der Waals surface area contributed by atoms with E-state index in [-0.39, 0.29) is 35.2 Å². The SMILES string of the molecule is C=CC(=O)N1CCN(c2nc(=O)n3c4c(c(-c5c(F)ccnc5NC)c(Cl)cc24)OCC3CN(C)C)[C@@H](C)C1. The molecule has 0 radical (unpaired) electrons. The number of halogens is 2. The summed E-state index contributed by atoms with van der Waals surface area (Å²) in [5, 5.41) is 3.79. The highest BCUT2D eigenvalue weighted by molar-refractivity contribution is 6.35. The van der Waals surface area contributed by atoms with Gasteiger partial charge in [0, 0.05) is 50.9 Å². The highest BCUT2D eigenvalue weighted by atomic mass is 35.5. The van der Waals surface area contributed by atoms with Gasteiger partial charge < -0.3 is 24.8 Å². The van der Waals surface area contributed by atoms with E-state index in [1.807, 2.05) is 30.8 Å². The molecule has 2 aromatic heterocycles. The Kier molecular flexibility index (Phi) is 7.21. The van der Waals surface area contributed by atoms with Gasteiger partial charge in [-0.25, -0.2) is 14.2 Å². The lowest BCUT2D eigenvalue weighted by molar-refractivity contribution is -0.126. The largest absolute Gasteiger partial charge is 0.488 e. The molecule has 1 amide bonds. The number of carbonyl (C=O) groups excluding carboxylic acids is 1. The third kappa shape index (κ3) is 4.59. The molecule has 206 valence electrons. The summed E-state index contributed by atoms with van der Waals surface area (Å²) in [6.45, 7) is 7.64. The fraction of sp³-hybridized carbons (Fsp3) is 0.407. The van der Waals surface area contributed by atoms with E-state index in [0.717, 1.165) is 0 Å². The molecule has 4 heterocycles. The molecule has 1 unspecified atom stereocenters. The zero-order valence-corrected chi connectivity index (χ0v) is 23.1. The van der Waals surface area contributed by atoms with E-state index in [0.29, 0.717) is 60.0 Å². The smallest absolute Gasteiger partial charge is 0.350 e. The summed E-state index contributed by atoms with van der Waals surface area (Å²) >= 11 is 6.88. The van der Waals surface area contributed by atoms with E-state index in [2.05, 4.69) is 21.9 Å². The minimum atomic E-state index is -0.523. The first-order valence-electron chi connectivity index (χ1n) is 12.7. The van der Waals surface area contributed by atoms with Crippen molar-refractivity contribution in [2.75, 3.05) is 64.1 Å². The van der Waals surface area contributed by atoms with Crippen LogP contribution in [0.15, 0.2) is 35.8 Å². The van der Waals surface area contributed by atoms with Crippen molar-refractivity contribution in [2.24, 2.45) is 0 Å². The van der Waals surface area contributed by atoms with Crippen LogP contribution in [0.5, 0.6) is 5.75 Å². The van der Waals surface area contributed by atoms with Crippen LogP contribution in [-0.2, 0) is 4.79 Å². The third-order valence-electron chi connectivity index (χ3n) is 7.23. The molecule has 1 aromatic carbocycles. The topological polar surface area (TPSA) is 95.8 Å². The average Bonchev–Trinajstić information content (AvgIpc) is 2.90. The molecule has 0 bridgehead atoms.